The summed E-state index contributed by atoms with van der Waals surface area (Å²) in [6, 6.07) is 6.30. The normalized spacial score (nSPS) is 16.2. The monoisotopic (exact) mass is 405 g/mol. The zero-order valence-electron chi connectivity index (χ0n) is 16.8. The summed E-state index contributed by atoms with van der Waals surface area (Å²) in [6.45, 7) is 3.72. The first-order valence-electron chi connectivity index (χ1n) is 9.75. The van der Waals surface area contributed by atoms with Crippen molar-refractivity contribution in [2.45, 2.75) is 43.8 Å². The third-order valence-corrected chi connectivity index (χ3v) is 6.09. The third kappa shape index (κ3) is 4.91. The van der Waals surface area contributed by atoms with E-state index in [1.807, 2.05) is 35.4 Å². The minimum absolute atomic E-state index is 0.0215. The molecule has 0 unspecified atom stereocenters. The molecule has 0 saturated carbocycles. The molecule has 1 aliphatic rings. The van der Waals surface area contributed by atoms with Crippen LogP contribution >= 0.6 is 11.8 Å². The van der Waals surface area contributed by atoms with Gasteiger partial charge in [-0.1, -0.05) is 24.6 Å². The molecule has 1 amide bonds. The largest absolute Gasteiger partial charge is 0.342 e. The molecule has 1 aliphatic heterocycles. The van der Waals surface area contributed by atoms with Crippen LogP contribution < -0.4 is 0 Å². The molecule has 0 aliphatic carbocycles. The van der Waals surface area contributed by atoms with E-state index in [1.165, 1.54) is 36.7 Å². The zero-order chi connectivity index (χ0) is 20.1. The Bertz CT molecular complexity index is 784. The van der Waals surface area contributed by atoms with Gasteiger partial charge >= 0.3 is 0 Å². The van der Waals surface area contributed by atoms with E-state index in [0.29, 0.717) is 10.9 Å². The summed E-state index contributed by atoms with van der Waals surface area (Å²) in [6.07, 6.45) is 4.54. The van der Waals surface area contributed by atoms with E-state index in [4.69, 9.17) is 0 Å². The highest BCUT2D eigenvalue weighted by molar-refractivity contribution is 7.99. The fourth-order valence-electron chi connectivity index (χ4n) is 3.25. The highest BCUT2D eigenvalue weighted by Gasteiger charge is 2.23. The summed E-state index contributed by atoms with van der Waals surface area (Å²) in [5.74, 6) is 0.948. The Kier molecular flexibility index (Phi) is 7.07. The van der Waals surface area contributed by atoms with Gasteiger partial charge in [0.25, 0.3) is 0 Å². The van der Waals surface area contributed by atoms with E-state index >= 15 is 0 Å². The van der Waals surface area contributed by atoms with Crippen molar-refractivity contribution in [1.29, 1.82) is 0 Å². The summed E-state index contributed by atoms with van der Waals surface area (Å²) >= 11 is 1.39. The summed E-state index contributed by atoms with van der Waals surface area (Å²) in [5.41, 5.74) is 0.792. The highest BCUT2D eigenvalue weighted by atomic mass is 32.2. The molecule has 3 rings (SSSR count). The summed E-state index contributed by atoms with van der Waals surface area (Å²) in [4.78, 5) is 16.7. The van der Waals surface area contributed by atoms with Crippen molar-refractivity contribution in [3.63, 3.8) is 0 Å². The fraction of sp³-hybridized carbons (Fsp3) is 0.550. The van der Waals surface area contributed by atoms with Gasteiger partial charge in [0.1, 0.15) is 5.82 Å². The molecule has 1 aromatic carbocycles. The van der Waals surface area contributed by atoms with Crippen molar-refractivity contribution in [3.8, 4) is 5.69 Å². The molecular weight excluding hydrogens is 377 g/mol. The van der Waals surface area contributed by atoms with Crippen LogP contribution in [0.3, 0.4) is 0 Å². The van der Waals surface area contributed by atoms with Gasteiger partial charge < -0.3 is 4.90 Å². The molecule has 1 saturated heterocycles. The Morgan fingerprint density at radius 2 is 1.79 bits per heavy atom. The van der Waals surface area contributed by atoms with Crippen LogP contribution in [0, 0.1) is 5.82 Å². The molecule has 28 heavy (non-hydrogen) atoms. The van der Waals surface area contributed by atoms with Crippen molar-refractivity contribution in [2.75, 3.05) is 32.9 Å². The third-order valence-electron chi connectivity index (χ3n) is 5.17. The first kappa shape index (κ1) is 20.8. The summed E-state index contributed by atoms with van der Waals surface area (Å²) in [5, 5.41) is 9.36. The van der Waals surface area contributed by atoms with E-state index in [2.05, 4.69) is 10.2 Å². The van der Waals surface area contributed by atoms with Crippen LogP contribution in [-0.4, -0.2) is 63.4 Å². The number of likely N-dealkylation sites (tertiary alicyclic amines) is 1. The smallest absolute Gasteiger partial charge is 0.233 e. The van der Waals surface area contributed by atoms with E-state index in [1.54, 1.807) is 12.1 Å². The lowest BCUT2D eigenvalue weighted by atomic mass is 10.2. The number of amides is 1. The molecule has 1 fully saturated rings. The van der Waals surface area contributed by atoms with E-state index in [9.17, 15) is 9.18 Å². The van der Waals surface area contributed by atoms with Crippen molar-refractivity contribution < 1.29 is 9.18 Å². The molecule has 1 atom stereocenters. The number of halogens is 1. The minimum Gasteiger partial charge on any atom is -0.342 e. The molecule has 0 radical (unpaired) electrons. The molecular formula is C20H28FN5OS. The molecule has 2 heterocycles. The SMILES string of the molecule is C[C@@H](c1nnc(SCC(=O)N2CCCCCC2)n1-c1ccc(F)cc1)N(C)C. The van der Waals surface area contributed by atoms with Gasteiger partial charge in [0.2, 0.25) is 5.91 Å². The van der Waals surface area contributed by atoms with Crippen LogP contribution in [0.1, 0.15) is 44.5 Å². The number of carbonyl (C=O) groups is 1. The number of aromatic nitrogens is 3. The van der Waals surface area contributed by atoms with Crippen molar-refractivity contribution in [2.24, 2.45) is 0 Å². The van der Waals surface area contributed by atoms with Crippen LogP contribution in [0.25, 0.3) is 5.69 Å². The molecule has 0 N–H and O–H groups in total. The van der Waals surface area contributed by atoms with Gasteiger partial charge in [-0.15, -0.1) is 10.2 Å². The van der Waals surface area contributed by atoms with Crippen molar-refractivity contribution in [1.82, 2.24) is 24.6 Å². The number of benzene rings is 1. The second-order valence-corrected chi connectivity index (χ2v) is 8.32. The Hall–Kier alpha value is -1.93. The van der Waals surface area contributed by atoms with E-state index in [0.717, 1.165) is 37.4 Å². The van der Waals surface area contributed by atoms with Gasteiger partial charge in [-0.2, -0.15) is 0 Å². The molecule has 2 aromatic rings. The van der Waals surface area contributed by atoms with Crippen LogP contribution in [0.5, 0.6) is 0 Å². The quantitative estimate of drug-likeness (QED) is 0.688. The molecule has 0 spiro atoms. The number of hydrogen-bond acceptors (Lipinski definition) is 5. The average molecular weight is 406 g/mol. The Morgan fingerprint density at radius 3 is 2.39 bits per heavy atom. The van der Waals surface area contributed by atoms with E-state index < -0.39 is 0 Å². The van der Waals surface area contributed by atoms with Gasteiger partial charge in [0, 0.05) is 18.8 Å². The first-order valence-corrected chi connectivity index (χ1v) is 10.7. The Balaban J connectivity index is 1.82. The van der Waals surface area contributed by atoms with Crippen LogP contribution in [0.2, 0.25) is 0 Å². The number of hydrogen-bond donors (Lipinski definition) is 0. The number of nitrogens with zero attached hydrogens (tertiary/aromatic N) is 5. The summed E-state index contributed by atoms with van der Waals surface area (Å²) in [7, 11) is 3.95. The molecule has 6 nitrogen and oxygen atoms in total. The minimum atomic E-state index is -0.287. The molecule has 0 bridgehead atoms. The maximum atomic E-state index is 13.4. The van der Waals surface area contributed by atoms with Gasteiger partial charge in [0.15, 0.2) is 11.0 Å². The first-order chi connectivity index (χ1) is 13.5. The molecule has 8 heteroatoms. The van der Waals surface area contributed by atoms with E-state index in [-0.39, 0.29) is 17.8 Å². The second kappa shape index (κ2) is 9.52. The highest BCUT2D eigenvalue weighted by Crippen LogP contribution is 2.27. The number of carbonyl (C=O) groups excluding carboxylic acids is 1. The van der Waals surface area contributed by atoms with Gasteiger partial charge in [-0.25, -0.2) is 4.39 Å². The fourth-order valence-corrected chi connectivity index (χ4v) is 4.11. The lowest BCUT2D eigenvalue weighted by molar-refractivity contribution is -0.128. The zero-order valence-corrected chi connectivity index (χ0v) is 17.6. The van der Waals surface area contributed by atoms with Gasteiger partial charge in [-0.3, -0.25) is 14.3 Å². The predicted molar refractivity (Wildman–Crippen MR) is 109 cm³/mol. The van der Waals surface area contributed by atoms with Crippen molar-refractivity contribution >= 4 is 17.7 Å². The van der Waals surface area contributed by atoms with Crippen LogP contribution in [-0.2, 0) is 4.79 Å². The van der Waals surface area contributed by atoms with Gasteiger partial charge in [-0.05, 0) is 58.1 Å². The lowest BCUT2D eigenvalue weighted by Crippen LogP contribution is -2.33. The second-order valence-electron chi connectivity index (χ2n) is 7.38. The Morgan fingerprint density at radius 1 is 1.14 bits per heavy atom. The maximum absolute atomic E-state index is 13.4. The number of thioether (sulfide) groups is 1. The summed E-state index contributed by atoms with van der Waals surface area (Å²) < 4.78 is 15.3. The molecule has 1 aromatic heterocycles. The van der Waals surface area contributed by atoms with Crippen molar-refractivity contribution in [3.05, 3.63) is 35.9 Å². The average Bonchev–Trinajstić information content (AvgIpc) is 2.91. The number of rotatable bonds is 6. The predicted octanol–water partition coefficient (Wildman–Crippen LogP) is 3.52. The lowest BCUT2D eigenvalue weighted by Gasteiger charge is -2.21. The van der Waals surface area contributed by atoms with Crippen LogP contribution in [0.15, 0.2) is 29.4 Å². The molecule has 152 valence electrons. The standard InChI is InChI=1S/C20H28FN5OS/c1-15(24(2)3)19-22-23-20(26(19)17-10-8-16(21)9-11-17)28-14-18(27)25-12-6-4-5-7-13-25/h8-11,15H,4-7,12-14H2,1-3H3/t15-/m0/s1. The Labute approximate surface area is 170 Å². The van der Waals surface area contributed by atoms with Gasteiger partial charge in [0.05, 0.1) is 11.8 Å². The topological polar surface area (TPSA) is 54.3 Å². The van der Waals surface area contributed by atoms with Crippen LogP contribution in [0.4, 0.5) is 4.39 Å². The maximum Gasteiger partial charge on any atom is 0.233 e.